The first-order valence-electron chi connectivity index (χ1n) is 7.00. The van der Waals surface area contributed by atoms with Crippen molar-refractivity contribution in [2.75, 3.05) is 43.6 Å². The number of nitrogens with zero attached hydrogens (tertiary/aromatic N) is 2. The summed E-state index contributed by atoms with van der Waals surface area (Å²) in [6.07, 6.45) is 1.10. The second-order valence-electron chi connectivity index (χ2n) is 5.32. The van der Waals surface area contributed by atoms with E-state index in [4.69, 9.17) is 5.73 Å². The van der Waals surface area contributed by atoms with Crippen molar-refractivity contribution in [1.29, 1.82) is 0 Å². The molecule has 20 heavy (non-hydrogen) atoms. The normalized spacial score (nSPS) is 18.9. The number of hydrogen-bond donors (Lipinski definition) is 1. The van der Waals surface area contributed by atoms with Gasteiger partial charge in [0.15, 0.2) is 0 Å². The third-order valence-corrected chi connectivity index (χ3v) is 4.99. The molecule has 2 rings (SSSR count). The van der Waals surface area contributed by atoms with Crippen LogP contribution < -0.4 is 10.6 Å². The summed E-state index contributed by atoms with van der Waals surface area (Å²) in [6, 6.07) is 5.55. The van der Waals surface area contributed by atoms with Crippen molar-refractivity contribution < 1.29 is 4.79 Å². The maximum absolute atomic E-state index is 12.8. The van der Waals surface area contributed by atoms with Gasteiger partial charge in [0.1, 0.15) is 0 Å². The van der Waals surface area contributed by atoms with Crippen LogP contribution in [0.2, 0.25) is 0 Å². The van der Waals surface area contributed by atoms with E-state index < -0.39 is 0 Å². The second kappa shape index (κ2) is 6.39. The maximum Gasteiger partial charge on any atom is 0.256 e. The van der Waals surface area contributed by atoms with Crippen molar-refractivity contribution in [2.45, 2.75) is 18.6 Å². The van der Waals surface area contributed by atoms with Gasteiger partial charge in [0, 0.05) is 49.6 Å². The quantitative estimate of drug-likeness (QED) is 0.869. The number of nitrogens with two attached hydrogens (primary N) is 1. The van der Waals surface area contributed by atoms with Crippen LogP contribution in [0.5, 0.6) is 0 Å². The molecule has 1 unspecified atom stereocenters. The minimum Gasteiger partial charge on any atom is -0.399 e. The largest absolute Gasteiger partial charge is 0.399 e. The van der Waals surface area contributed by atoms with E-state index in [1.807, 2.05) is 47.8 Å². The number of benzene rings is 1. The Labute approximate surface area is 125 Å². The molecule has 0 spiro atoms. The van der Waals surface area contributed by atoms with Crippen LogP contribution in [0.4, 0.5) is 11.4 Å². The highest BCUT2D eigenvalue weighted by molar-refractivity contribution is 8.00. The molecule has 1 aliphatic rings. The van der Waals surface area contributed by atoms with Gasteiger partial charge in [-0.2, -0.15) is 11.8 Å². The number of amides is 1. The van der Waals surface area contributed by atoms with E-state index in [1.165, 1.54) is 0 Å². The second-order valence-corrected chi connectivity index (χ2v) is 6.73. The number of carbonyl (C=O) groups is 1. The van der Waals surface area contributed by atoms with Crippen molar-refractivity contribution in [3.8, 4) is 0 Å². The molecule has 110 valence electrons. The summed E-state index contributed by atoms with van der Waals surface area (Å²) in [5, 5.41) is 0.552. The molecule has 1 heterocycles. The Hall–Kier alpha value is -1.36. The Morgan fingerprint density at radius 1 is 1.50 bits per heavy atom. The standard InChI is InChI=1S/C15H23N3OS/c1-4-12-10-18(7-8-20-12)15(19)13-9-11(16)5-6-14(13)17(2)3/h5-6,9,12H,4,7-8,10,16H2,1-3H3. The lowest BCUT2D eigenvalue weighted by atomic mass is 10.1. The lowest BCUT2D eigenvalue weighted by Gasteiger charge is -2.33. The lowest BCUT2D eigenvalue weighted by Crippen LogP contribution is -2.42. The lowest BCUT2D eigenvalue weighted by molar-refractivity contribution is 0.0761. The zero-order valence-corrected chi connectivity index (χ0v) is 13.2. The summed E-state index contributed by atoms with van der Waals surface area (Å²) in [5.41, 5.74) is 8.12. The van der Waals surface area contributed by atoms with E-state index in [0.717, 1.165) is 31.0 Å². The van der Waals surface area contributed by atoms with Gasteiger partial charge in [-0.05, 0) is 24.6 Å². The highest BCUT2D eigenvalue weighted by Crippen LogP contribution is 2.26. The van der Waals surface area contributed by atoms with Gasteiger partial charge in [0.25, 0.3) is 5.91 Å². The number of carbonyl (C=O) groups excluding carboxylic acids is 1. The number of anilines is 2. The Bertz CT molecular complexity index is 490. The van der Waals surface area contributed by atoms with E-state index in [1.54, 1.807) is 6.07 Å². The van der Waals surface area contributed by atoms with Gasteiger partial charge in [0.2, 0.25) is 0 Å². The van der Waals surface area contributed by atoms with E-state index in [9.17, 15) is 4.79 Å². The summed E-state index contributed by atoms with van der Waals surface area (Å²) in [5.74, 6) is 1.11. The zero-order valence-electron chi connectivity index (χ0n) is 12.4. The first kappa shape index (κ1) is 15.0. The van der Waals surface area contributed by atoms with Gasteiger partial charge in [-0.3, -0.25) is 4.79 Å². The molecule has 1 atom stereocenters. The van der Waals surface area contributed by atoms with E-state index in [2.05, 4.69) is 6.92 Å². The van der Waals surface area contributed by atoms with Gasteiger partial charge < -0.3 is 15.5 Å². The zero-order chi connectivity index (χ0) is 14.7. The monoisotopic (exact) mass is 293 g/mol. The van der Waals surface area contributed by atoms with Gasteiger partial charge in [-0.15, -0.1) is 0 Å². The summed E-state index contributed by atoms with van der Waals surface area (Å²) >= 11 is 1.96. The first-order valence-corrected chi connectivity index (χ1v) is 8.05. The Kier molecular flexibility index (Phi) is 4.81. The smallest absolute Gasteiger partial charge is 0.256 e. The third-order valence-electron chi connectivity index (χ3n) is 3.61. The predicted octanol–water partition coefficient (Wildman–Crippen LogP) is 2.30. The Morgan fingerprint density at radius 3 is 2.90 bits per heavy atom. The van der Waals surface area contributed by atoms with Gasteiger partial charge in [-0.1, -0.05) is 6.92 Å². The molecule has 1 aliphatic heterocycles. The number of hydrogen-bond acceptors (Lipinski definition) is 4. The molecule has 4 nitrogen and oxygen atoms in total. The van der Waals surface area contributed by atoms with Crippen LogP contribution in [0.1, 0.15) is 23.7 Å². The number of thioether (sulfide) groups is 1. The molecule has 0 saturated carbocycles. The first-order chi connectivity index (χ1) is 9.52. The average molecular weight is 293 g/mol. The van der Waals surface area contributed by atoms with Crippen LogP contribution in [0, 0.1) is 0 Å². The minimum absolute atomic E-state index is 0.0970. The molecule has 2 N–H and O–H groups in total. The molecule has 0 bridgehead atoms. The third kappa shape index (κ3) is 3.20. The molecule has 1 aromatic rings. The molecule has 0 radical (unpaired) electrons. The minimum atomic E-state index is 0.0970. The molecule has 5 heteroatoms. The Morgan fingerprint density at radius 2 is 2.25 bits per heavy atom. The molecule has 1 amide bonds. The molecular weight excluding hydrogens is 270 g/mol. The summed E-state index contributed by atoms with van der Waals surface area (Å²) in [7, 11) is 3.90. The van der Waals surface area contributed by atoms with Crippen molar-refractivity contribution in [3.63, 3.8) is 0 Å². The van der Waals surface area contributed by atoms with Crippen LogP contribution in [0.25, 0.3) is 0 Å². The fraction of sp³-hybridized carbons (Fsp3) is 0.533. The van der Waals surface area contributed by atoms with Crippen molar-refractivity contribution >= 4 is 29.0 Å². The molecule has 0 aliphatic carbocycles. The van der Waals surface area contributed by atoms with Crippen LogP contribution in [-0.4, -0.2) is 49.0 Å². The van der Waals surface area contributed by atoms with Gasteiger partial charge in [-0.25, -0.2) is 0 Å². The molecular formula is C15H23N3OS. The molecule has 0 aromatic heterocycles. The van der Waals surface area contributed by atoms with E-state index in [0.29, 0.717) is 16.5 Å². The van der Waals surface area contributed by atoms with Crippen molar-refractivity contribution in [3.05, 3.63) is 23.8 Å². The topological polar surface area (TPSA) is 49.6 Å². The fourth-order valence-corrected chi connectivity index (χ4v) is 3.62. The average Bonchev–Trinajstić information content (AvgIpc) is 2.46. The highest BCUT2D eigenvalue weighted by atomic mass is 32.2. The van der Waals surface area contributed by atoms with Crippen LogP contribution in [-0.2, 0) is 0 Å². The predicted molar refractivity (Wildman–Crippen MR) is 87.6 cm³/mol. The van der Waals surface area contributed by atoms with E-state index >= 15 is 0 Å². The maximum atomic E-state index is 12.8. The summed E-state index contributed by atoms with van der Waals surface area (Å²) in [4.78, 5) is 16.7. The van der Waals surface area contributed by atoms with Crippen LogP contribution in [0.3, 0.4) is 0 Å². The van der Waals surface area contributed by atoms with Crippen molar-refractivity contribution in [2.24, 2.45) is 0 Å². The molecule has 1 aromatic carbocycles. The van der Waals surface area contributed by atoms with Gasteiger partial charge >= 0.3 is 0 Å². The van der Waals surface area contributed by atoms with Gasteiger partial charge in [0.05, 0.1) is 5.56 Å². The van der Waals surface area contributed by atoms with Crippen molar-refractivity contribution in [1.82, 2.24) is 4.90 Å². The van der Waals surface area contributed by atoms with Crippen LogP contribution >= 0.6 is 11.8 Å². The highest BCUT2D eigenvalue weighted by Gasteiger charge is 2.25. The summed E-state index contributed by atoms with van der Waals surface area (Å²) < 4.78 is 0. The number of rotatable bonds is 3. The summed E-state index contributed by atoms with van der Waals surface area (Å²) in [6.45, 7) is 3.83. The van der Waals surface area contributed by atoms with E-state index in [-0.39, 0.29) is 5.91 Å². The fourth-order valence-electron chi connectivity index (χ4n) is 2.44. The molecule has 1 fully saturated rings. The number of nitrogen functional groups attached to an aromatic ring is 1. The SMILES string of the molecule is CCC1CN(C(=O)c2cc(N)ccc2N(C)C)CCS1. The Balaban J connectivity index is 2.26. The molecule has 1 saturated heterocycles. The van der Waals surface area contributed by atoms with Crippen LogP contribution in [0.15, 0.2) is 18.2 Å².